The van der Waals surface area contributed by atoms with Crippen LogP contribution in [0.1, 0.15) is 11.1 Å². The van der Waals surface area contributed by atoms with Crippen molar-refractivity contribution in [1.82, 2.24) is 5.32 Å². The lowest BCUT2D eigenvalue weighted by Gasteiger charge is -2.11. The third kappa shape index (κ3) is 4.95. The van der Waals surface area contributed by atoms with Gasteiger partial charge in [-0.2, -0.15) is 5.10 Å². The summed E-state index contributed by atoms with van der Waals surface area (Å²) in [7, 11) is 4.00. The number of carbonyl (C=O) groups is 1. The van der Waals surface area contributed by atoms with Gasteiger partial charge in [0.2, 0.25) is 5.91 Å². The normalized spacial score (nSPS) is 18.5. The fourth-order valence-electron chi connectivity index (χ4n) is 2.43. The molecule has 0 spiro atoms. The van der Waals surface area contributed by atoms with Gasteiger partial charge < -0.3 is 10.2 Å². The lowest BCUT2D eigenvalue weighted by Crippen LogP contribution is -2.25. The van der Waals surface area contributed by atoms with Gasteiger partial charge in [-0.1, -0.05) is 52.0 Å². The molecule has 0 bridgehead atoms. The van der Waals surface area contributed by atoms with Gasteiger partial charge in [0.25, 0.3) is 0 Å². The zero-order valence-corrected chi connectivity index (χ0v) is 16.9. The van der Waals surface area contributed by atoms with Gasteiger partial charge in [-0.05, 0) is 41.8 Å². The summed E-state index contributed by atoms with van der Waals surface area (Å²) >= 11 is 4.83. The van der Waals surface area contributed by atoms with Crippen LogP contribution < -0.4 is 10.2 Å². The predicted octanol–water partition coefficient (Wildman–Crippen LogP) is 3.68. The molecule has 2 aromatic rings. The summed E-state index contributed by atoms with van der Waals surface area (Å²) in [5, 5.41) is 11.4. The first-order chi connectivity index (χ1) is 12.5. The molecule has 1 amide bonds. The zero-order chi connectivity index (χ0) is 18.5. The summed E-state index contributed by atoms with van der Waals surface area (Å²) in [5.74, 6) is -0.0257. The van der Waals surface area contributed by atoms with Gasteiger partial charge in [0.15, 0.2) is 5.17 Å². The number of hydrogen-bond acceptors (Lipinski definition) is 5. The molecular weight excluding hydrogens is 412 g/mol. The number of benzene rings is 2. The molecule has 1 N–H and O–H groups in total. The van der Waals surface area contributed by atoms with Crippen LogP contribution in [0.15, 0.2) is 63.2 Å². The summed E-state index contributed by atoms with van der Waals surface area (Å²) in [6.45, 7) is 0. The molecule has 1 unspecified atom stereocenters. The molecule has 1 aliphatic rings. The van der Waals surface area contributed by atoms with Crippen molar-refractivity contribution in [2.75, 3.05) is 19.0 Å². The number of nitrogens with zero attached hydrogens (tertiary/aromatic N) is 3. The molecule has 0 radical (unpaired) electrons. The van der Waals surface area contributed by atoms with E-state index >= 15 is 0 Å². The quantitative estimate of drug-likeness (QED) is 0.581. The fraction of sp³-hybridized carbons (Fsp3) is 0.211. The van der Waals surface area contributed by atoms with Gasteiger partial charge in [-0.3, -0.25) is 4.79 Å². The summed E-state index contributed by atoms with van der Waals surface area (Å²) in [6, 6.07) is 16.0. The number of hydrogen-bond donors (Lipinski definition) is 1. The highest BCUT2D eigenvalue weighted by molar-refractivity contribution is 9.10. The van der Waals surface area contributed by atoms with Gasteiger partial charge in [-0.25, -0.2) is 0 Å². The van der Waals surface area contributed by atoms with Crippen LogP contribution in [-0.2, 0) is 11.2 Å². The Morgan fingerprint density at radius 1 is 1.15 bits per heavy atom. The molecule has 0 aromatic heterocycles. The van der Waals surface area contributed by atoms with E-state index in [4.69, 9.17) is 0 Å². The van der Waals surface area contributed by atoms with Crippen molar-refractivity contribution in [3.8, 4) is 0 Å². The largest absolute Gasteiger partial charge is 0.378 e. The molecule has 1 atom stereocenters. The van der Waals surface area contributed by atoms with Crippen LogP contribution in [0.25, 0.3) is 0 Å². The van der Waals surface area contributed by atoms with E-state index in [1.807, 2.05) is 67.5 Å². The second-order valence-electron chi connectivity index (χ2n) is 6.06. The zero-order valence-electron chi connectivity index (χ0n) is 14.5. The van der Waals surface area contributed by atoms with E-state index in [2.05, 4.69) is 31.4 Å². The van der Waals surface area contributed by atoms with E-state index < -0.39 is 0 Å². The van der Waals surface area contributed by atoms with Crippen LogP contribution in [0.5, 0.6) is 0 Å². The molecule has 0 aliphatic carbocycles. The second-order valence-corrected chi connectivity index (χ2v) is 8.17. The van der Waals surface area contributed by atoms with E-state index in [-0.39, 0.29) is 11.2 Å². The number of anilines is 1. The number of amides is 1. The van der Waals surface area contributed by atoms with Crippen molar-refractivity contribution < 1.29 is 4.79 Å². The maximum atomic E-state index is 12.1. The topological polar surface area (TPSA) is 57.1 Å². The first-order valence-electron chi connectivity index (χ1n) is 8.11. The van der Waals surface area contributed by atoms with Crippen LogP contribution >= 0.6 is 27.7 Å². The Kier molecular flexibility index (Phi) is 6.11. The number of halogens is 1. The van der Waals surface area contributed by atoms with Crippen LogP contribution in [0.2, 0.25) is 0 Å². The Bertz CT molecular complexity index is 832. The van der Waals surface area contributed by atoms with Crippen molar-refractivity contribution in [3.05, 3.63) is 64.1 Å². The molecule has 2 aromatic carbocycles. The molecule has 1 aliphatic heterocycles. The third-order valence-corrected chi connectivity index (χ3v) is 5.48. The molecule has 1 saturated heterocycles. The Balaban J connectivity index is 1.59. The highest BCUT2D eigenvalue weighted by Gasteiger charge is 2.30. The first-order valence-corrected chi connectivity index (χ1v) is 9.79. The van der Waals surface area contributed by atoms with E-state index in [0.29, 0.717) is 11.6 Å². The summed E-state index contributed by atoms with van der Waals surface area (Å²) < 4.78 is 1.03. The molecule has 0 saturated carbocycles. The van der Waals surface area contributed by atoms with Crippen molar-refractivity contribution in [1.29, 1.82) is 0 Å². The average molecular weight is 431 g/mol. The average Bonchev–Trinajstić information content (AvgIpc) is 2.97. The third-order valence-electron chi connectivity index (χ3n) is 3.88. The first kappa shape index (κ1) is 18.7. The van der Waals surface area contributed by atoms with Gasteiger partial charge >= 0.3 is 0 Å². The van der Waals surface area contributed by atoms with Gasteiger partial charge in [0.1, 0.15) is 0 Å². The Labute approximate surface area is 165 Å². The van der Waals surface area contributed by atoms with Crippen LogP contribution in [0, 0.1) is 0 Å². The van der Waals surface area contributed by atoms with Crippen molar-refractivity contribution in [2.45, 2.75) is 11.7 Å². The van der Waals surface area contributed by atoms with Gasteiger partial charge in [-0.15, -0.1) is 5.10 Å². The number of rotatable bonds is 5. The number of carbonyl (C=O) groups excluding carboxylic acids is 1. The Hall–Kier alpha value is -2.12. The van der Waals surface area contributed by atoms with Gasteiger partial charge in [0, 0.05) is 24.3 Å². The smallest absolute Gasteiger partial charge is 0.239 e. The van der Waals surface area contributed by atoms with E-state index in [1.54, 1.807) is 6.21 Å². The highest BCUT2D eigenvalue weighted by atomic mass is 79.9. The summed E-state index contributed by atoms with van der Waals surface area (Å²) in [5.41, 5.74) is 3.20. The lowest BCUT2D eigenvalue weighted by molar-refractivity contribution is -0.118. The number of amidine groups is 1. The van der Waals surface area contributed by atoms with Crippen molar-refractivity contribution in [3.63, 3.8) is 0 Å². The molecule has 134 valence electrons. The maximum absolute atomic E-state index is 12.1. The lowest BCUT2D eigenvalue weighted by atomic mass is 10.1. The van der Waals surface area contributed by atoms with E-state index in [0.717, 1.165) is 21.3 Å². The number of nitrogens with one attached hydrogen (secondary N) is 1. The van der Waals surface area contributed by atoms with Crippen molar-refractivity contribution >= 4 is 50.7 Å². The monoisotopic (exact) mass is 430 g/mol. The van der Waals surface area contributed by atoms with E-state index in [1.165, 1.54) is 11.8 Å². The minimum Gasteiger partial charge on any atom is -0.378 e. The van der Waals surface area contributed by atoms with Gasteiger partial charge in [0.05, 0.1) is 11.5 Å². The molecule has 5 nitrogen and oxygen atoms in total. The summed E-state index contributed by atoms with van der Waals surface area (Å²) in [4.78, 5) is 14.2. The predicted molar refractivity (Wildman–Crippen MR) is 113 cm³/mol. The standard InChI is InChI=1S/C19H19BrN4OS/c1-24(2)16-9-5-14(6-10-16)12-21-23-19-22-18(25)17(26-19)11-13-3-7-15(20)8-4-13/h3-10,12,17H,11H2,1-2H3,(H,22,23,25)/b21-12+. The van der Waals surface area contributed by atoms with Crippen LogP contribution in [0.3, 0.4) is 0 Å². The maximum Gasteiger partial charge on any atom is 0.239 e. The van der Waals surface area contributed by atoms with Crippen LogP contribution in [-0.4, -0.2) is 36.6 Å². The fourth-order valence-corrected chi connectivity index (χ4v) is 3.66. The molecule has 26 heavy (non-hydrogen) atoms. The van der Waals surface area contributed by atoms with E-state index in [9.17, 15) is 4.79 Å². The van der Waals surface area contributed by atoms with Crippen molar-refractivity contribution in [2.24, 2.45) is 10.2 Å². The molecular formula is C19H19BrN4OS. The molecule has 1 heterocycles. The SMILES string of the molecule is CN(C)c1ccc(/C=N/N=C2\NC(=O)C(Cc3ccc(Br)cc3)S2)cc1. The Morgan fingerprint density at radius 2 is 1.85 bits per heavy atom. The molecule has 3 rings (SSSR count). The highest BCUT2D eigenvalue weighted by Crippen LogP contribution is 2.24. The molecule has 1 fully saturated rings. The number of thioether (sulfide) groups is 1. The summed E-state index contributed by atoms with van der Waals surface area (Å²) in [6.07, 6.45) is 2.35. The van der Waals surface area contributed by atoms with Crippen LogP contribution in [0.4, 0.5) is 5.69 Å². The molecule has 7 heteroatoms. The minimum atomic E-state index is -0.176. The second kappa shape index (κ2) is 8.51. The Morgan fingerprint density at radius 3 is 2.50 bits per heavy atom. The minimum absolute atomic E-state index is 0.0257.